The number of alkyl halides is 13. The van der Waals surface area contributed by atoms with Crippen LogP contribution in [0.4, 0.5) is 57.1 Å². The van der Waals surface area contributed by atoms with E-state index in [2.05, 4.69) is 0 Å². The van der Waals surface area contributed by atoms with Crippen LogP contribution in [0.3, 0.4) is 0 Å². The highest BCUT2D eigenvalue weighted by Gasteiger charge is 2.90. The lowest BCUT2D eigenvalue weighted by Crippen LogP contribution is -2.70. The first-order chi connectivity index (χ1) is 14.0. The number of aryl methyl sites for hydroxylation is 2. The van der Waals surface area contributed by atoms with Crippen molar-refractivity contribution in [3.8, 4) is 5.75 Å². The molecule has 0 saturated carbocycles. The fourth-order valence-electron chi connectivity index (χ4n) is 2.48. The Labute approximate surface area is 177 Å². The minimum atomic E-state index is -7.88. The van der Waals surface area contributed by atoms with Gasteiger partial charge in [-0.1, -0.05) is 12.1 Å². The molecule has 0 radical (unpaired) electrons. The Hall–Kier alpha value is -1.54. The van der Waals surface area contributed by atoms with Crippen molar-refractivity contribution >= 4 is 11.8 Å². The smallest absolute Gasteiger partial charge is 0.460 e. The molecule has 0 amide bonds. The molecule has 1 aromatic carbocycles. The van der Waals surface area contributed by atoms with E-state index in [-0.39, 0.29) is 11.5 Å². The molecule has 32 heavy (non-hydrogen) atoms. The second kappa shape index (κ2) is 8.67. The van der Waals surface area contributed by atoms with Gasteiger partial charge in [-0.25, -0.2) is 0 Å². The summed E-state index contributed by atoms with van der Waals surface area (Å²) in [4.78, 5) is 0. The molecular formula is C17H15F13OS. The Morgan fingerprint density at radius 1 is 0.688 bits per heavy atom. The molecule has 0 unspecified atom stereocenters. The molecule has 0 bridgehead atoms. The van der Waals surface area contributed by atoms with Gasteiger partial charge < -0.3 is 5.11 Å². The van der Waals surface area contributed by atoms with Crippen LogP contribution in [-0.4, -0.2) is 46.6 Å². The number of thioether (sulfide) groups is 1. The van der Waals surface area contributed by atoms with Crippen LogP contribution in [0, 0.1) is 13.8 Å². The van der Waals surface area contributed by atoms with Crippen LogP contribution < -0.4 is 0 Å². The van der Waals surface area contributed by atoms with Crippen molar-refractivity contribution in [1.82, 2.24) is 0 Å². The maximum atomic E-state index is 13.7. The molecule has 0 saturated heterocycles. The van der Waals surface area contributed by atoms with Gasteiger partial charge in [0.25, 0.3) is 0 Å². The van der Waals surface area contributed by atoms with Crippen molar-refractivity contribution in [3.05, 3.63) is 28.8 Å². The maximum Gasteiger partial charge on any atom is 0.460 e. The molecule has 0 heterocycles. The number of aromatic hydroxyl groups is 1. The highest BCUT2D eigenvalue weighted by atomic mass is 32.2. The van der Waals surface area contributed by atoms with E-state index >= 15 is 0 Å². The third-order valence-corrected chi connectivity index (χ3v) is 5.41. The topological polar surface area (TPSA) is 20.2 Å². The van der Waals surface area contributed by atoms with Crippen molar-refractivity contribution in [3.63, 3.8) is 0 Å². The Morgan fingerprint density at radius 2 is 1.09 bits per heavy atom. The number of phenols is 1. The minimum Gasteiger partial charge on any atom is -0.507 e. The van der Waals surface area contributed by atoms with Gasteiger partial charge >= 0.3 is 35.8 Å². The number of benzene rings is 1. The van der Waals surface area contributed by atoms with Gasteiger partial charge in [-0.05, 0) is 36.3 Å². The number of phenolic OH excluding ortho intramolecular Hbond substituents is 1. The van der Waals surface area contributed by atoms with E-state index in [0.717, 1.165) is 0 Å². The molecule has 15 heteroatoms. The zero-order valence-electron chi connectivity index (χ0n) is 16.0. The predicted molar refractivity (Wildman–Crippen MR) is 89.1 cm³/mol. The highest BCUT2D eigenvalue weighted by molar-refractivity contribution is 7.98. The van der Waals surface area contributed by atoms with E-state index < -0.39 is 48.0 Å². The Bertz CT molecular complexity index is 794. The number of hydrogen-bond acceptors (Lipinski definition) is 2. The normalized spacial score (nSPS) is 14.7. The molecule has 0 aromatic heterocycles. The molecule has 1 N–H and O–H groups in total. The first-order valence-electron chi connectivity index (χ1n) is 8.37. The maximum absolute atomic E-state index is 13.7. The van der Waals surface area contributed by atoms with Gasteiger partial charge in [0.2, 0.25) is 0 Å². The Kier molecular flexibility index (Phi) is 7.72. The van der Waals surface area contributed by atoms with Crippen LogP contribution in [0.2, 0.25) is 0 Å². The molecule has 0 spiro atoms. The van der Waals surface area contributed by atoms with Gasteiger partial charge in [0.15, 0.2) is 0 Å². The van der Waals surface area contributed by atoms with Crippen LogP contribution >= 0.6 is 11.8 Å². The minimum absolute atomic E-state index is 0.0799. The van der Waals surface area contributed by atoms with Crippen LogP contribution in [0.1, 0.15) is 23.1 Å². The number of rotatable bonds is 9. The van der Waals surface area contributed by atoms with Crippen molar-refractivity contribution < 1.29 is 62.2 Å². The third-order valence-electron chi connectivity index (χ3n) is 4.38. The lowest BCUT2D eigenvalue weighted by molar-refractivity contribution is -0.439. The largest absolute Gasteiger partial charge is 0.507 e. The molecule has 1 aromatic rings. The van der Waals surface area contributed by atoms with Gasteiger partial charge in [-0.2, -0.15) is 68.8 Å². The number of halogens is 13. The van der Waals surface area contributed by atoms with Gasteiger partial charge in [0, 0.05) is 12.2 Å². The summed E-state index contributed by atoms with van der Waals surface area (Å²) in [7, 11) is 0. The first-order valence-corrected chi connectivity index (χ1v) is 9.52. The van der Waals surface area contributed by atoms with E-state index in [4.69, 9.17) is 0 Å². The standard InChI is InChI=1S/C17H15F13OS/c1-8-5-10(6-9(2)11(8)31)7-32-4-3-12(18,19)13(20,21)14(22,23)15(24,25)16(26,27)17(28,29)30/h5-6,31H,3-4,7H2,1-2H3. The molecular weight excluding hydrogens is 499 g/mol. The Morgan fingerprint density at radius 3 is 1.50 bits per heavy atom. The molecule has 1 rings (SSSR count). The second-order valence-electron chi connectivity index (χ2n) is 6.88. The van der Waals surface area contributed by atoms with Crippen LogP contribution in [0.15, 0.2) is 12.1 Å². The zero-order valence-corrected chi connectivity index (χ0v) is 16.9. The van der Waals surface area contributed by atoms with Crippen molar-refractivity contribution in [2.75, 3.05) is 5.75 Å². The van der Waals surface area contributed by atoms with Crippen LogP contribution in [-0.2, 0) is 5.75 Å². The van der Waals surface area contributed by atoms with Crippen molar-refractivity contribution in [1.29, 1.82) is 0 Å². The summed E-state index contributed by atoms with van der Waals surface area (Å²) in [6, 6.07) is 2.77. The molecule has 0 fully saturated rings. The van der Waals surface area contributed by atoms with E-state index in [1.807, 2.05) is 0 Å². The summed E-state index contributed by atoms with van der Waals surface area (Å²) in [5.74, 6) is -38.0. The molecule has 0 aliphatic carbocycles. The van der Waals surface area contributed by atoms with Gasteiger partial charge in [-0.3, -0.25) is 0 Å². The van der Waals surface area contributed by atoms with Crippen LogP contribution in [0.25, 0.3) is 0 Å². The zero-order chi connectivity index (χ0) is 25.6. The lowest BCUT2D eigenvalue weighted by atomic mass is 9.93. The van der Waals surface area contributed by atoms with Gasteiger partial charge in [0.05, 0.1) is 0 Å². The second-order valence-corrected chi connectivity index (χ2v) is 7.99. The lowest BCUT2D eigenvalue weighted by Gasteiger charge is -2.39. The molecule has 0 aliphatic heterocycles. The van der Waals surface area contributed by atoms with E-state index in [1.54, 1.807) is 0 Å². The third kappa shape index (κ3) is 4.72. The van der Waals surface area contributed by atoms with Crippen molar-refractivity contribution in [2.24, 2.45) is 0 Å². The summed E-state index contributed by atoms with van der Waals surface area (Å²) in [5.41, 5.74) is 1.12. The first kappa shape index (κ1) is 28.5. The highest BCUT2D eigenvalue weighted by Crippen LogP contribution is 2.60. The fraction of sp³-hybridized carbons (Fsp3) is 0.647. The summed E-state index contributed by atoms with van der Waals surface area (Å²) < 4.78 is 169. The monoisotopic (exact) mass is 514 g/mol. The molecule has 1 nitrogen and oxygen atoms in total. The Balaban J connectivity index is 3.01. The van der Waals surface area contributed by atoms with Gasteiger partial charge in [-0.15, -0.1) is 0 Å². The summed E-state index contributed by atoms with van der Waals surface area (Å²) >= 11 is 0.445. The summed E-state index contributed by atoms with van der Waals surface area (Å²) in [6.45, 7) is 2.95. The molecule has 186 valence electrons. The average molecular weight is 514 g/mol. The fourth-order valence-corrected chi connectivity index (χ4v) is 3.43. The van der Waals surface area contributed by atoms with E-state index in [1.165, 1.54) is 26.0 Å². The van der Waals surface area contributed by atoms with E-state index in [9.17, 15) is 62.2 Å². The molecule has 0 atom stereocenters. The average Bonchev–Trinajstić information content (AvgIpc) is 2.61. The van der Waals surface area contributed by atoms with E-state index in [0.29, 0.717) is 28.5 Å². The molecule has 0 aliphatic rings. The van der Waals surface area contributed by atoms with Gasteiger partial charge in [0.1, 0.15) is 5.75 Å². The quantitative estimate of drug-likeness (QED) is 0.274. The predicted octanol–water partition coefficient (Wildman–Crippen LogP) is 7.37. The number of hydrogen-bond donors (Lipinski definition) is 1. The summed E-state index contributed by atoms with van der Waals surface area (Å²) in [5, 5.41) is 9.60. The SMILES string of the molecule is Cc1cc(CSCCC(F)(F)C(F)(F)C(F)(F)C(F)(F)C(F)(F)C(F)(F)F)cc(C)c1O. The van der Waals surface area contributed by atoms with Crippen LogP contribution in [0.5, 0.6) is 5.75 Å². The van der Waals surface area contributed by atoms with Crippen molar-refractivity contribution in [2.45, 2.75) is 61.8 Å². The summed E-state index contributed by atoms with van der Waals surface area (Å²) in [6.07, 6.45) is -9.65.